The van der Waals surface area contributed by atoms with Crippen LogP contribution in [-0.4, -0.2) is 48.2 Å². The van der Waals surface area contributed by atoms with Gasteiger partial charge in [-0.05, 0) is 63.5 Å². The van der Waals surface area contributed by atoms with E-state index in [1.807, 2.05) is 0 Å². The quantitative estimate of drug-likeness (QED) is 0.678. The van der Waals surface area contributed by atoms with Gasteiger partial charge in [0.1, 0.15) is 0 Å². The Morgan fingerprint density at radius 3 is 2.86 bits per heavy atom. The fourth-order valence-electron chi connectivity index (χ4n) is 4.14. The Kier molecular flexibility index (Phi) is 7.67. The first-order chi connectivity index (χ1) is 10.7. The number of unbranched alkanes of at least 4 members (excludes halogenated alkanes) is 1. The molecule has 1 saturated heterocycles. The summed E-state index contributed by atoms with van der Waals surface area (Å²) in [4.78, 5) is 14.4. The zero-order valence-corrected chi connectivity index (χ0v) is 14.2. The number of nitrogens with zero attached hydrogens (tertiary/aromatic N) is 1. The topological polar surface area (TPSA) is 52.6 Å². The number of hydrogen-bond donors (Lipinski definition) is 2. The molecule has 0 aromatic carbocycles. The van der Waals surface area contributed by atoms with Crippen molar-refractivity contribution in [1.29, 1.82) is 0 Å². The molecule has 1 aliphatic carbocycles. The Hall–Kier alpha value is -0.610. The number of carbonyl (C=O) groups excluding carboxylic acids is 1. The Morgan fingerprint density at radius 2 is 2.09 bits per heavy atom. The van der Waals surface area contributed by atoms with Crippen LogP contribution in [0.3, 0.4) is 0 Å². The number of rotatable bonds is 8. The van der Waals surface area contributed by atoms with Crippen LogP contribution in [0.4, 0.5) is 0 Å². The van der Waals surface area contributed by atoms with E-state index < -0.39 is 0 Å². The van der Waals surface area contributed by atoms with Crippen molar-refractivity contribution in [2.45, 2.75) is 70.8 Å². The fourth-order valence-corrected chi connectivity index (χ4v) is 4.14. The molecule has 22 heavy (non-hydrogen) atoms. The summed E-state index contributed by atoms with van der Waals surface area (Å²) in [6.45, 7) is 5.58. The highest BCUT2D eigenvalue weighted by Crippen LogP contribution is 2.30. The molecule has 3 unspecified atom stereocenters. The average Bonchev–Trinajstić information content (AvgIpc) is 2.94. The summed E-state index contributed by atoms with van der Waals surface area (Å²) in [5.41, 5.74) is 0. The van der Waals surface area contributed by atoms with Crippen molar-refractivity contribution in [2.75, 3.05) is 26.2 Å². The number of likely N-dealkylation sites (tertiary alicyclic amines) is 1. The second kappa shape index (κ2) is 9.51. The largest absolute Gasteiger partial charge is 0.395 e. The number of amides is 1. The Balaban J connectivity index is 1.50. The normalized spacial score (nSPS) is 29.6. The summed E-state index contributed by atoms with van der Waals surface area (Å²) >= 11 is 0. The van der Waals surface area contributed by atoms with Crippen molar-refractivity contribution in [3.8, 4) is 0 Å². The molecule has 2 N–H and O–H groups in total. The maximum Gasteiger partial charge on any atom is 0.220 e. The van der Waals surface area contributed by atoms with Gasteiger partial charge in [-0.1, -0.05) is 19.8 Å². The monoisotopic (exact) mass is 310 g/mol. The average molecular weight is 310 g/mol. The third-order valence-electron chi connectivity index (χ3n) is 5.42. The van der Waals surface area contributed by atoms with E-state index in [2.05, 4.69) is 17.1 Å². The van der Waals surface area contributed by atoms with Crippen LogP contribution in [0.15, 0.2) is 0 Å². The third kappa shape index (κ3) is 5.88. The van der Waals surface area contributed by atoms with Gasteiger partial charge in [0.05, 0.1) is 6.61 Å². The van der Waals surface area contributed by atoms with Crippen LogP contribution < -0.4 is 5.32 Å². The molecule has 0 spiro atoms. The van der Waals surface area contributed by atoms with Gasteiger partial charge in [0.2, 0.25) is 5.91 Å². The van der Waals surface area contributed by atoms with E-state index in [1.165, 1.54) is 32.1 Å². The first kappa shape index (κ1) is 17.7. The summed E-state index contributed by atoms with van der Waals surface area (Å²) in [5, 5.41) is 12.4. The molecule has 0 aromatic heterocycles. The summed E-state index contributed by atoms with van der Waals surface area (Å²) < 4.78 is 0. The Bertz CT molecular complexity index is 335. The van der Waals surface area contributed by atoms with Crippen molar-refractivity contribution < 1.29 is 9.90 Å². The van der Waals surface area contributed by atoms with Gasteiger partial charge < -0.3 is 10.4 Å². The number of aliphatic hydroxyl groups excluding tert-OH is 1. The van der Waals surface area contributed by atoms with Gasteiger partial charge in [-0.3, -0.25) is 9.69 Å². The minimum absolute atomic E-state index is 0.244. The molecule has 4 heteroatoms. The van der Waals surface area contributed by atoms with E-state index >= 15 is 0 Å². The van der Waals surface area contributed by atoms with Crippen molar-refractivity contribution in [3.05, 3.63) is 0 Å². The molecule has 0 radical (unpaired) electrons. The lowest BCUT2D eigenvalue weighted by atomic mass is 9.81. The molecule has 1 aliphatic heterocycles. The third-order valence-corrected chi connectivity index (χ3v) is 5.42. The molecule has 2 aliphatic rings. The maximum absolute atomic E-state index is 12.0. The van der Waals surface area contributed by atoms with Crippen LogP contribution in [0.5, 0.6) is 0 Å². The number of hydrogen-bond acceptors (Lipinski definition) is 3. The van der Waals surface area contributed by atoms with E-state index in [1.54, 1.807) is 0 Å². The lowest BCUT2D eigenvalue weighted by Gasteiger charge is -2.26. The van der Waals surface area contributed by atoms with Gasteiger partial charge >= 0.3 is 0 Å². The SMILES string of the molecule is CC1CCCC(CC(=O)NCCCCN2CCCC2CO)C1. The van der Waals surface area contributed by atoms with Crippen LogP contribution >= 0.6 is 0 Å². The lowest BCUT2D eigenvalue weighted by Crippen LogP contribution is -2.33. The van der Waals surface area contributed by atoms with E-state index in [-0.39, 0.29) is 12.5 Å². The van der Waals surface area contributed by atoms with Crippen LogP contribution in [-0.2, 0) is 4.79 Å². The second-order valence-corrected chi connectivity index (χ2v) is 7.41. The van der Waals surface area contributed by atoms with Gasteiger partial charge in [0.25, 0.3) is 0 Å². The standard InChI is InChI=1S/C18H34N2O2/c1-15-6-4-7-16(12-15)13-18(22)19-9-2-3-10-20-11-5-8-17(20)14-21/h15-17,21H,2-14H2,1H3,(H,19,22). The minimum Gasteiger partial charge on any atom is -0.395 e. The predicted octanol–water partition coefficient (Wildman–Crippen LogP) is 2.56. The zero-order chi connectivity index (χ0) is 15.8. The molecule has 0 aromatic rings. The summed E-state index contributed by atoms with van der Waals surface area (Å²) in [7, 11) is 0. The number of nitrogens with one attached hydrogen (secondary N) is 1. The maximum atomic E-state index is 12.0. The highest BCUT2D eigenvalue weighted by molar-refractivity contribution is 5.76. The van der Waals surface area contributed by atoms with E-state index in [0.717, 1.165) is 51.2 Å². The number of carbonyl (C=O) groups is 1. The summed E-state index contributed by atoms with van der Waals surface area (Å²) in [6.07, 6.45) is 10.3. The van der Waals surface area contributed by atoms with Crippen molar-refractivity contribution in [1.82, 2.24) is 10.2 Å². The predicted molar refractivity (Wildman–Crippen MR) is 89.7 cm³/mol. The van der Waals surface area contributed by atoms with Gasteiger partial charge in [0.15, 0.2) is 0 Å². The summed E-state index contributed by atoms with van der Waals surface area (Å²) in [6, 6.07) is 0.378. The molecule has 4 nitrogen and oxygen atoms in total. The molecule has 128 valence electrons. The summed E-state index contributed by atoms with van der Waals surface area (Å²) in [5.74, 6) is 1.65. The smallest absolute Gasteiger partial charge is 0.220 e. The van der Waals surface area contributed by atoms with Gasteiger partial charge in [0, 0.05) is 19.0 Å². The molecular formula is C18H34N2O2. The molecular weight excluding hydrogens is 276 g/mol. The Labute approximate surface area is 135 Å². The van der Waals surface area contributed by atoms with Gasteiger partial charge in [-0.15, -0.1) is 0 Å². The van der Waals surface area contributed by atoms with E-state index in [4.69, 9.17) is 0 Å². The fraction of sp³-hybridized carbons (Fsp3) is 0.944. The molecule has 1 saturated carbocycles. The number of aliphatic hydroxyl groups is 1. The first-order valence-corrected chi connectivity index (χ1v) is 9.30. The molecule has 2 rings (SSSR count). The highest BCUT2D eigenvalue weighted by atomic mass is 16.3. The molecule has 1 heterocycles. The lowest BCUT2D eigenvalue weighted by molar-refractivity contribution is -0.122. The highest BCUT2D eigenvalue weighted by Gasteiger charge is 2.23. The van der Waals surface area contributed by atoms with Gasteiger partial charge in [-0.2, -0.15) is 0 Å². The zero-order valence-electron chi connectivity index (χ0n) is 14.2. The van der Waals surface area contributed by atoms with Crippen LogP contribution in [0.1, 0.15) is 64.7 Å². The van der Waals surface area contributed by atoms with Crippen LogP contribution in [0.2, 0.25) is 0 Å². The van der Waals surface area contributed by atoms with E-state index in [9.17, 15) is 9.90 Å². The van der Waals surface area contributed by atoms with Crippen molar-refractivity contribution >= 4 is 5.91 Å². The molecule has 1 amide bonds. The van der Waals surface area contributed by atoms with Crippen LogP contribution in [0.25, 0.3) is 0 Å². The molecule has 0 bridgehead atoms. The second-order valence-electron chi connectivity index (χ2n) is 7.41. The van der Waals surface area contributed by atoms with E-state index in [0.29, 0.717) is 12.0 Å². The van der Waals surface area contributed by atoms with Gasteiger partial charge in [-0.25, -0.2) is 0 Å². The first-order valence-electron chi connectivity index (χ1n) is 9.30. The molecule has 2 fully saturated rings. The molecule has 3 atom stereocenters. The van der Waals surface area contributed by atoms with Crippen molar-refractivity contribution in [2.24, 2.45) is 11.8 Å². The Morgan fingerprint density at radius 1 is 1.23 bits per heavy atom. The van der Waals surface area contributed by atoms with Crippen molar-refractivity contribution in [3.63, 3.8) is 0 Å². The van der Waals surface area contributed by atoms with Crippen LogP contribution in [0, 0.1) is 11.8 Å². The minimum atomic E-state index is 0.244.